The summed E-state index contributed by atoms with van der Waals surface area (Å²) in [5.74, 6) is 1.46. The number of anilines is 1. The molecule has 0 radical (unpaired) electrons. The second-order valence-electron chi connectivity index (χ2n) is 5.23. The smallest absolute Gasteiger partial charge is 0.129 e. The van der Waals surface area contributed by atoms with Crippen molar-refractivity contribution in [2.45, 2.75) is 39.3 Å². The van der Waals surface area contributed by atoms with Crippen LogP contribution in [0.1, 0.15) is 37.9 Å². The van der Waals surface area contributed by atoms with E-state index in [0.717, 1.165) is 36.8 Å². The fraction of sp³-hybridized carbons (Fsp3) is 0.643. The molecule has 1 aromatic rings. The van der Waals surface area contributed by atoms with E-state index in [2.05, 4.69) is 37.8 Å². The van der Waals surface area contributed by atoms with Crippen molar-refractivity contribution < 1.29 is 4.74 Å². The molecule has 1 aliphatic rings. The van der Waals surface area contributed by atoms with Crippen LogP contribution in [0.4, 0.5) is 5.82 Å². The van der Waals surface area contributed by atoms with Gasteiger partial charge in [-0.3, -0.25) is 0 Å². The van der Waals surface area contributed by atoms with Crippen molar-refractivity contribution >= 4 is 5.82 Å². The summed E-state index contributed by atoms with van der Waals surface area (Å²) in [5, 5.41) is 0. The second kappa shape index (κ2) is 5.67. The third-order valence-electron chi connectivity index (χ3n) is 3.38. The summed E-state index contributed by atoms with van der Waals surface area (Å²) in [6.07, 6.45) is 0. The van der Waals surface area contributed by atoms with Crippen LogP contribution in [0.3, 0.4) is 0 Å². The highest BCUT2D eigenvalue weighted by molar-refractivity contribution is 5.44. The van der Waals surface area contributed by atoms with E-state index in [0.29, 0.717) is 18.5 Å². The van der Waals surface area contributed by atoms with Crippen LogP contribution in [0, 0.1) is 0 Å². The molecule has 18 heavy (non-hydrogen) atoms. The van der Waals surface area contributed by atoms with Crippen molar-refractivity contribution in [3.8, 4) is 0 Å². The number of hydrogen-bond acceptors (Lipinski definition) is 4. The van der Waals surface area contributed by atoms with E-state index in [4.69, 9.17) is 15.5 Å². The number of rotatable bonds is 3. The number of ether oxygens (including phenoxy) is 1. The quantitative estimate of drug-likeness (QED) is 0.888. The number of morpholine rings is 1. The second-order valence-corrected chi connectivity index (χ2v) is 5.23. The fourth-order valence-electron chi connectivity index (χ4n) is 2.22. The Morgan fingerprint density at radius 3 is 2.89 bits per heavy atom. The van der Waals surface area contributed by atoms with E-state index in [-0.39, 0.29) is 0 Å². The molecule has 1 saturated heterocycles. The van der Waals surface area contributed by atoms with Crippen molar-refractivity contribution in [1.29, 1.82) is 0 Å². The van der Waals surface area contributed by atoms with Crippen LogP contribution in [-0.2, 0) is 11.3 Å². The van der Waals surface area contributed by atoms with Gasteiger partial charge in [-0.05, 0) is 30.5 Å². The van der Waals surface area contributed by atoms with Crippen molar-refractivity contribution in [2.75, 3.05) is 24.7 Å². The van der Waals surface area contributed by atoms with Gasteiger partial charge in [0.05, 0.1) is 19.3 Å². The molecule has 4 nitrogen and oxygen atoms in total. The number of nitrogens with zero attached hydrogens (tertiary/aromatic N) is 2. The van der Waals surface area contributed by atoms with E-state index >= 15 is 0 Å². The zero-order chi connectivity index (χ0) is 13.1. The summed E-state index contributed by atoms with van der Waals surface area (Å²) < 4.78 is 5.47. The summed E-state index contributed by atoms with van der Waals surface area (Å²) in [6.45, 7) is 9.50. The minimum absolute atomic E-state index is 0.374. The van der Waals surface area contributed by atoms with Gasteiger partial charge in [-0.15, -0.1) is 0 Å². The molecule has 1 aromatic heterocycles. The molecule has 4 heteroatoms. The molecular formula is C14H23N3O. The molecule has 0 spiro atoms. The minimum atomic E-state index is 0.374. The highest BCUT2D eigenvalue weighted by Gasteiger charge is 2.21. The molecule has 0 bridgehead atoms. The summed E-state index contributed by atoms with van der Waals surface area (Å²) in [5.41, 5.74) is 8.05. The van der Waals surface area contributed by atoms with Gasteiger partial charge < -0.3 is 15.4 Å². The third-order valence-corrected chi connectivity index (χ3v) is 3.38. The lowest BCUT2D eigenvalue weighted by Gasteiger charge is -2.34. The predicted octanol–water partition coefficient (Wildman–Crippen LogP) is 1.89. The van der Waals surface area contributed by atoms with Crippen LogP contribution >= 0.6 is 0 Å². The van der Waals surface area contributed by atoms with Crippen LogP contribution in [-0.4, -0.2) is 30.8 Å². The Morgan fingerprint density at radius 2 is 2.28 bits per heavy atom. The maximum Gasteiger partial charge on any atom is 0.129 e. The molecule has 100 valence electrons. The lowest BCUT2D eigenvalue weighted by Crippen LogP contribution is -2.44. The molecule has 1 atom stereocenters. The van der Waals surface area contributed by atoms with Crippen molar-refractivity contribution in [1.82, 2.24) is 4.98 Å². The van der Waals surface area contributed by atoms with E-state index in [9.17, 15) is 0 Å². The van der Waals surface area contributed by atoms with Crippen LogP contribution < -0.4 is 10.6 Å². The Bertz CT molecular complexity index is 406. The first-order chi connectivity index (χ1) is 8.61. The van der Waals surface area contributed by atoms with Gasteiger partial charge in [0.25, 0.3) is 0 Å². The first kappa shape index (κ1) is 13.3. The fourth-order valence-corrected chi connectivity index (χ4v) is 2.22. The Balaban J connectivity index is 2.33. The van der Waals surface area contributed by atoms with E-state index in [1.807, 2.05) is 0 Å². The molecule has 0 aromatic carbocycles. The number of aromatic nitrogens is 1. The molecule has 2 N–H and O–H groups in total. The van der Waals surface area contributed by atoms with Gasteiger partial charge in [0.15, 0.2) is 0 Å². The van der Waals surface area contributed by atoms with E-state index < -0.39 is 0 Å². The summed E-state index contributed by atoms with van der Waals surface area (Å²) in [6, 6.07) is 4.59. The zero-order valence-electron chi connectivity index (χ0n) is 11.5. The Labute approximate surface area is 109 Å². The standard InChI is InChI=1S/C14H23N3O/c1-10(2)13-6-12(8-15)7-14(16-13)17-4-5-18-9-11(17)3/h6-7,10-11H,4-5,8-9,15H2,1-3H3. The van der Waals surface area contributed by atoms with Crippen LogP contribution in [0.2, 0.25) is 0 Å². The molecule has 0 saturated carbocycles. The molecular weight excluding hydrogens is 226 g/mol. The first-order valence-corrected chi connectivity index (χ1v) is 6.67. The normalized spacial score (nSPS) is 20.5. The van der Waals surface area contributed by atoms with E-state index in [1.165, 1.54) is 0 Å². The largest absolute Gasteiger partial charge is 0.377 e. The maximum atomic E-state index is 5.78. The van der Waals surface area contributed by atoms with Crippen LogP contribution in [0.15, 0.2) is 12.1 Å². The summed E-state index contributed by atoms with van der Waals surface area (Å²) >= 11 is 0. The number of pyridine rings is 1. The average Bonchev–Trinajstić information content (AvgIpc) is 2.38. The average molecular weight is 249 g/mol. The summed E-state index contributed by atoms with van der Waals surface area (Å²) in [4.78, 5) is 7.08. The molecule has 1 fully saturated rings. The Hall–Kier alpha value is -1.13. The number of hydrogen-bond donors (Lipinski definition) is 1. The van der Waals surface area contributed by atoms with Gasteiger partial charge in [0.1, 0.15) is 5.82 Å². The maximum absolute atomic E-state index is 5.78. The molecule has 1 aliphatic heterocycles. The van der Waals surface area contributed by atoms with Gasteiger partial charge in [-0.25, -0.2) is 4.98 Å². The first-order valence-electron chi connectivity index (χ1n) is 6.67. The summed E-state index contributed by atoms with van der Waals surface area (Å²) in [7, 11) is 0. The lowest BCUT2D eigenvalue weighted by molar-refractivity contribution is 0.0985. The van der Waals surface area contributed by atoms with Gasteiger partial charge in [0, 0.05) is 18.8 Å². The highest BCUT2D eigenvalue weighted by Crippen LogP contribution is 2.22. The van der Waals surface area contributed by atoms with Gasteiger partial charge >= 0.3 is 0 Å². The van der Waals surface area contributed by atoms with E-state index in [1.54, 1.807) is 0 Å². The molecule has 0 amide bonds. The molecule has 2 heterocycles. The number of nitrogens with two attached hydrogens (primary N) is 1. The Kier molecular flexibility index (Phi) is 4.19. The topological polar surface area (TPSA) is 51.4 Å². The van der Waals surface area contributed by atoms with Crippen molar-refractivity contribution in [3.05, 3.63) is 23.4 Å². The Morgan fingerprint density at radius 1 is 1.50 bits per heavy atom. The lowest BCUT2D eigenvalue weighted by atomic mass is 10.1. The van der Waals surface area contributed by atoms with Crippen LogP contribution in [0.25, 0.3) is 0 Å². The minimum Gasteiger partial charge on any atom is -0.377 e. The highest BCUT2D eigenvalue weighted by atomic mass is 16.5. The SMILES string of the molecule is CC(C)c1cc(CN)cc(N2CCOCC2C)n1. The predicted molar refractivity (Wildman–Crippen MR) is 73.8 cm³/mol. The molecule has 2 rings (SSSR count). The van der Waals surface area contributed by atoms with Crippen molar-refractivity contribution in [2.24, 2.45) is 5.73 Å². The van der Waals surface area contributed by atoms with Gasteiger partial charge in [0.2, 0.25) is 0 Å². The van der Waals surface area contributed by atoms with Gasteiger partial charge in [-0.2, -0.15) is 0 Å². The van der Waals surface area contributed by atoms with Gasteiger partial charge in [-0.1, -0.05) is 13.8 Å². The van der Waals surface area contributed by atoms with Crippen molar-refractivity contribution in [3.63, 3.8) is 0 Å². The monoisotopic (exact) mass is 249 g/mol. The third kappa shape index (κ3) is 2.82. The zero-order valence-corrected chi connectivity index (χ0v) is 11.5. The molecule has 1 unspecified atom stereocenters. The molecule has 0 aliphatic carbocycles. The van der Waals surface area contributed by atoms with Crippen LogP contribution in [0.5, 0.6) is 0 Å².